The van der Waals surface area contributed by atoms with E-state index in [0.29, 0.717) is 11.4 Å². The van der Waals surface area contributed by atoms with E-state index in [1.54, 1.807) is 23.1 Å². The number of aromatic nitrogens is 7. The fourth-order valence-corrected chi connectivity index (χ4v) is 3.49. The van der Waals surface area contributed by atoms with Gasteiger partial charge < -0.3 is 10.3 Å². The Bertz CT molecular complexity index is 1340. The van der Waals surface area contributed by atoms with Crippen molar-refractivity contribution in [3.8, 4) is 11.3 Å². The molecule has 0 aliphatic heterocycles. The number of benzene rings is 1. The number of rotatable bonds is 4. The van der Waals surface area contributed by atoms with Crippen LogP contribution in [0.15, 0.2) is 49.2 Å². The molecule has 29 heavy (non-hydrogen) atoms. The maximum absolute atomic E-state index is 13.0. The van der Waals surface area contributed by atoms with Gasteiger partial charge in [-0.3, -0.25) is 14.6 Å². The Morgan fingerprint density at radius 2 is 2.07 bits per heavy atom. The molecule has 0 atom stereocenters. The molecule has 1 amide bonds. The van der Waals surface area contributed by atoms with Gasteiger partial charge in [0.15, 0.2) is 0 Å². The fraction of sp³-hybridized carbons (Fsp3) is 0.150. The summed E-state index contributed by atoms with van der Waals surface area (Å²) in [5, 5.41) is 16.1. The number of fused-ring (bicyclic) bond motifs is 2. The second-order valence-electron chi connectivity index (χ2n) is 7.03. The Balaban J connectivity index is 1.61. The highest BCUT2D eigenvalue weighted by atomic mass is 16.2. The van der Waals surface area contributed by atoms with Gasteiger partial charge in [0.1, 0.15) is 17.7 Å². The average molecular weight is 386 g/mol. The van der Waals surface area contributed by atoms with Crippen LogP contribution in [0.5, 0.6) is 0 Å². The Morgan fingerprint density at radius 1 is 1.17 bits per heavy atom. The van der Waals surface area contributed by atoms with Gasteiger partial charge in [0, 0.05) is 34.8 Å². The molecular formula is C20H18N8O. The van der Waals surface area contributed by atoms with Crippen LogP contribution in [-0.4, -0.2) is 40.8 Å². The zero-order chi connectivity index (χ0) is 20.0. The minimum absolute atomic E-state index is 0.0777. The second kappa shape index (κ2) is 6.55. The number of nitrogens with zero attached hydrogens (tertiary/aromatic N) is 5. The summed E-state index contributed by atoms with van der Waals surface area (Å²) in [5.74, 6) is -0.231. The summed E-state index contributed by atoms with van der Waals surface area (Å²) >= 11 is 0. The number of hydrogen-bond donors (Lipinski definition) is 3. The first-order chi connectivity index (χ1) is 14.1. The normalized spacial score (nSPS) is 11.6. The van der Waals surface area contributed by atoms with Gasteiger partial charge >= 0.3 is 0 Å². The molecule has 0 fully saturated rings. The molecule has 9 heteroatoms. The van der Waals surface area contributed by atoms with Gasteiger partial charge in [-0.1, -0.05) is 0 Å². The van der Waals surface area contributed by atoms with Gasteiger partial charge in [-0.2, -0.15) is 10.2 Å². The van der Waals surface area contributed by atoms with Crippen LogP contribution in [-0.2, 0) is 0 Å². The Labute approximate surface area is 165 Å². The first-order valence-electron chi connectivity index (χ1n) is 9.22. The summed E-state index contributed by atoms with van der Waals surface area (Å²) in [7, 11) is 0. The van der Waals surface area contributed by atoms with Crippen molar-refractivity contribution in [3.05, 3.63) is 54.9 Å². The highest BCUT2D eigenvalue weighted by Crippen LogP contribution is 2.32. The molecule has 0 aliphatic rings. The maximum Gasteiger partial charge on any atom is 0.273 e. The van der Waals surface area contributed by atoms with Gasteiger partial charge in [-0.15, -0.1) is 0 Å². The predicted molar refractivity (Wildman–Crippen MR) is 110 cm³/mol. The first kappa shape index (κ1) is 17.1. The van der Waals surface area contributed by atoms with Crippen LogP contribution < -0.4 is 5.32 Å². The molecule has 0 radical (unpaired) electrons. The van der Waals surface area contributed by atoms with E-state index in [2.05, 4.69) is 35.6 Å². The molecule has 0 aliphatic carbocycles. The third kappa shape index (κ3) is 2.83. The SMILES string of the molecule is CC(C)n1nccc1C(=O)Nc1cc(-c2ncnc3[nH]ccc23)cc2[nH]ncc12. The number of anilines is 1. The summed E-state index contributed by atoms with van der Waals surface area (Å²) in [4.78, 5) is 24.7. The van der Waals surface area contributed by atoms with Gasteiger partial charge in [0.2, 0.25) is 0 Å². The van der Waals surface area contributed by atoms with Crippen LogP contribution in [0.2, 0.25) is 0 Å². The maximum atomic E-state index is 13.0. The van der Waals surface area contributed by atoms with E-state index in [9.17, 15) is 4.79 Å². The first-order valence-corrected chi connectivity index (χ1v) is 9.22. The average Bonchev–Trinajstić information content (AvgIpc) is 3.46. The zero-order valence-corrected chi connectivity index (χ0v) is 15.8. The van der Waals surface area contributed by atoms with Crippen molar-refractivity contribution in [2.75, 3.05) is 5.32 Å². The van der Waals surface area contributed by atoms with Crippen LogP contribution in [0.4, 0.5) is 5.69 Å². The van der Waals surface area contributed by atoms with Gasteiger partial charge in [-0.05, 0) is 38.1 Å². The van der Waals surface area contributed by atoms with E-state index in [-0.39, 0.29) is 11.9 Å². The van der Waals surface area contributed by atoms with Crippen molar-refractivity contribution in [2.45, 2.75) is 19.9 Å². The van der Waals surface area contributed by atoms with Crippen LogP contribution in [0.25, 0.3) is 33.2 Å². The molecule has 3 N–H and O–H groups in total. The number of carbonyl (C=O) groups excluding carboxylic acids is 1. The molecule has 9 nitrogen and oxygen atoms in total. The lowest BCUT2D eigenvalue weighted by molar-refractivity contribution is 0.101. The quantitative estimate of drug-likeness (QED) is 0.437. The second-order valence-corrected chi connectivity index (χ2v) is 7.03. The lowest BCUT2D eigenvalue weighted by Crippen LogP contribution is -2.19. The lowest BCUT2D eigenvalue weighted by atomic mass is 10.1. The van der Waals surface area contributed by atoms with Crippen LogP contribution in [0.1, 0.15) is 30.4 Å². The van der Waals surface area contributed by atoms with Crippen LogP contribution in [0, 0.1) is 0 Å². The van der Waals surface area contributed by atoms with E-state index in [1.165, 1.54) is 6.33 Å². The standard InChI is InChI=1S/C20H18N8O/c1-11(2)28-17(4-6-25-28)20(29)26-15-7-12(8-16-14(15)9-24-27-16)18-13-3-5-21-19(13)23-10-22-18/h3-11H,1-2H3,(H,24,27)(H,26,29)(H,21,22,23). The molecule has 0 bridgehead atoms. The highest BCUT2D eigenvalue weighted by Gasteiger charge is 2.17. The molecule has 5 rings (SSSR count). The van der Waals surface area contributed by atoms with E-state index in [1.807, 2.05) is 38.2 Å². The Morgan fingerprint density at radius 3 is 2.93 bits per heavy atom. The van der Waals surface area contributed by atoms with Gasteiger partial charge in [0.25, 0.3) is 5.91 Å². The number of carbonyl (C=O) groups is 1. The minimum Gasteiger partial charge on any atom is -0.346 e. The topological polar surface area (TPSA) is 117 Å². The molecule has 4 heterocycles. The summed E-state index contributed by atoms with van der Waals surface area (Å²) in [6, 6.07) is 7.58. The molecule has 0 unspecified atom stereocenters. The summed E-state index contributed by atoms with van der Waals surface area (Å²) in [6.45, 7) is 3.96. The third-order valence-corrected chi connectivity index (χ3v) is 4.83. The molecule has 5 aromatic rings. The van der Waals surface area contributed by atoms with E-state index in [4.69, 9.17) is 0 Å². The molecule has 1 aromatic carbocycles. The Kier molecular flexibility index (Phi) is 3.87. The third-order valence-electron chi connectivity index (χ3n) is 4.83. The number of aromatic amines is 2. The highest BCUT2D eigenvalue weighted by molar-refractivity contribution is 6.09. The molecular weight excluding hydrogens is 368 g/mol. The fourth-order valence-electron chi connectivity index (χ4n) is 3.49. The van der Waals surface area contributed by atoms with Crippen molar-refractivity contribution >= 4 is 33.5 Å². The van der Waals surface area contributed by atoms with Gasteiger partial charge in [-0.25, -0.2) is 9.97 Å². The summed E-state index contributed by atoms with van der Waals surface area (Å²) in [6.07, 6.45) is 6.67. The van der Waals surface area contributed by atoms with Crippen molar-refractivity contribution in [1.29, 1.82) is 0 Å². The van der Waals surface area contributed by atoms with Crippen molar-refractivity contribution < 1.29 is 4.79 Å². The van der Waals surface area contributed by atoms with Crippen molar-refractivity contribution in [1.82, 2.24) is 34.9 Å². The minimum atomic E-state index is -0.231. The largest absolute Gasteiger partial charge is 0.346 e. The molecule has 4 aromatic heterocycles. The Hall–Kier alpha value is -4.01. The molecule has 144 valence electrons. The van der Waals surface area contributed by atoms with Crippen LogP contribution in [0.3, 0.4) is 0 Å². The van der Waals surface area contributed by atoms with Crippen molar-refractivity contribution in [3.63, 3.8) is 0 Å². The van der Waals surface area contributed by atoms with E-state index in [0.717, 1.165) is 33.2 Å². The number of H-pyrrole nitrogens is 2. The predicted octanol–water partition coefficient (Wildman–Crippen LogP) is 3.53. The monoisotopic (exact) mass is 386 g/mol. The number of hydrogen-bond acceptors (Lipinski definition) is 5. The number of amides is 1. The summed E-state index contributed by atoms with van der Waals surface area (Å²) < 4.78 is 1.69. The molecule has 0 saturated heterocycles. The van der Waals surface area contributed by atoms with E-state index < -0.39 is 0 Å². The smallest absolute Gasteiger partial charge is 0.273 e. The lowest BCUT2D eigenvalue weighted by Gasteiger charge is -2.12. The van der Waals surface area contributed by atoms with Crippen LogP contribution >= 0.6 is 0 Å². The summed E-state index contributed by atoms with van der Waals surface area (Å²) in [5.41, 5.74) is 4.33. The van der Waals surface area contributed by atoms with Crippen molar-refractivity contribution in [2.24, 2.45) is 0 Å². The number of nitrogens with one attached hydrogen (secondary N) is 3. The zero-order valence-electron chi connectivity index (χ0n) is 15.8. The molecule has 0 saturated carbocycles. The molecule has 0 spiro atoms. The van der Waals surface area contributed by atoms with Gasteiger partial charge in [0.05, 0.1) is 23.1 Å². The van der Waals surface area contributed by atoms with E-state index >= 15 is 0 Å².